The number of benzene rings is 1. The van der Waals surface area contributed by atoms with Gasteiger partial charge in [0.15, 0.2) is 17.3 Å². The van der Waals surface area contributed by atoms with Gasteiger partial charge in [-0.05, 0) is 29.8 Å². The molecule has 1 N–H and O–H groups in total. The van der Waals surface area contributed by atoms with Gasteiger partial charge in [-0.3, -0.25) is 4.98 Å². The molecule has 7 heteroatoms. The monoisotopic (exact) mass is 365 g/mol. The molecule has 0 atom stereocenters. The Kier molecular flexibility index (Phi) is 4.03. The molecule has 0 unspecified atom stereocenters. The Labute approximate surface area is 156 Å². The molecule has 0 saturated carbocycles. The Morgan fingerprint density at radius 1 is 1.04 bits per heavy atom. The summed E-state index contributed by atoms with van der Waals surface area (Å²) in [6.07, 6.45) is 2.47. The number of aromatic nitrogens is 2. The minimum absolute atomic E-state index is 0.144. The third-order valence-corrected chi connectivity index (χ3v) is 4.86. The topological polar surface area (TPSA) is 78.6 Å². The first kappa shape index (κ1) is 16.3. The lowest BCUT2D eigenvalue weighted by Crippen LogP contribution is -2.61. The first-order valence-corrected chi connectivity index (χ1v) is 8.88. The Bertz CT molecular complexity index is 937. The summed E-state index contributed by atoms with van der Waals surface area (Å²) in [5.41, 5.74) is 2.66. The van der Waals surface area contributed by atoms with E-state index in [4.69, 9.17) is 18.7 Å². The Balaban J connectivity index is 1.27. The Hall–Kier alpha value is -2.90. The average molecular weight is 365 g/mol. The number of hydrogen-bond acceptors (Lipinski definition) is 7. The lowest BCUT2D eigenvalue weighted by atomic mass is 9.90. The zero-order valence-corrected chi connectivity index (χ0v) is 14.7. The van der Waals surface area contributed by atoms with Crippen molar-refractivity contribution in [2.75, 3.05) is 20.0 Å². The van der Waals surface area contributed by atoms with Gasteiger partial charge in [-0.1, -0.05) is 17.3 Å². The molecule has 0 amide bonds. The van der Waals surface area contributed by atoms with E-state index in [1.54, 1.807) is 6.20 Å². The molecular weight excluding hydrogens is 346 g/mol. The Morgan fingerprint density at radius 2 is 1.96 bits per heavy atom. The van der Waals surface area contributed by atoms with Crippen LogP contribution in [0.1, 0.15) is 11.3 Å². The summed E-state index contributed by atoms with van der Waals surface area (Å²) in [7, 11) is 0. The summed E-state index contributed by atoms with van der Waals surface area (Å²) in [5.74, 6) is 2.27. The first-order valence-electron chi connectivity index (χ1n) is 8.88. The largest absolute Gasteiger partial charge is 0.454 e. The van der Waals surface area contributed by atoms with E-state index in [2.05, 4.69) is 15.5 Å². The van der Waals surface area contributed by atoms with Crippen molar-refractivity contribution in [1.82, 2.24) is 15.5 Å². The zero-order chi connectivity index (χ0) is 18.1. The third-order valence-electron chi connectivity index (χ3n) is 4.86. The third kappa shape index (κ3) is 3.27. The van der Waals surface area contributed by atoms with Crippen molar-refractivity contribution < 1.29 is 18.7 Å². The van der Waals surface area contributed by atoms with Crippen LogP contribution < -0.4 is 14.8 Å². The molecule has 2 aliphatic heterocycles. The quantitative estimate of drug-likeness (QED) is 0.719. The number of pyridine rings is 1. The molecule has 2 aliphatic rings. The minimum atomic E-state index is -0.144. The van der Waals surface area contributed by atoms with Gasteiger partial charge >= 0.3 is 0 Å². The van der Waals surface area contributed by atoms with Crippen molar-refractivity contribution in [3.63, 3.8) is 0 Å². The maximum Gasteiger partial charge on any atom is 0.231 e. The van der Waals surface area contributed by atoms with Crippen molar-refractivity contribution in [2.24, 2.45) is 0 Å². The van der Waals surface area contributed by atoms with Crippen molar-refractivity contribution in [3.05, 3.63) is 59.9 Å². The van der Waals surface area contributed by atoms with Gasteiger partial charge in [-0.2, -0.15) is 0 Å². The van der Waals surface area contributed by atoms with Gasteiger partial charge in [0.25, 0.3) is 0 Å². The van der Waals surface area contributed by atoms with Gasteiger partial charge in [0.05, 0.1) is 24.4 Å². The van der Waals surface area contributed by atoms with Gasteiger partial charge in [-0.25, -0.2) is 0 Å². The smallest absolute Gasteiger partial charge is 0.231 e. The number of ether oxygens (including phenoxy) is 3. The molecule has 27 heavy (non-hydrogen) atoms. The molecule has 7 nitrogen and oxygen atoms in total. The second kappa shape index (κ2) is 6.68. The standard InChI is InChI=1S/C20H19N3O4/c1-2-6-21-16(3-1)18-8-15(23-27-18)9-20(11-24-12-20)22-10-14-4-5-17-19(7-14)26-13-25-17/h1-8,22H,9-13H2. The molecule has 1 aromatic carbocycles. The molecule has 0 aliphatic carbocycles. The highest BCUT2D eigenvalue weighted by atomic mass is 16.7. The highest BCUT2D eigenvalue weighted by molar-refractivity contribution is 5.51. The molecule has 3 aromatic rings. The van der Waals surface area contributed by atoms with Gasteiger partial charge < -0.3 is 24.1 Å². The van der Waals surface area contributed by atoms with Crippen LogP contribution in [-0.4, -0.2) is 35.7 Å². The summed E-state index contributed by atoms with van der Waals surface area (Å²) in [6, 6.07) is 13.7. The van der Waals surface area contributed by atoms with Crippen molar-refractivity contribution >= 4 is 0 Å². The number of hydrogen-bond donors (Lipinski definition) is 1. The summed E-state index contributed by atoms with van der Waals surface area (Å²) >= 11 is 0. The second-order valence-electron chi connectivity index (χ2n) is 6.89. The number of nitrogens with zero attached hydrogens (tertiary/aromatic N) is 2. The predicted molar refractivity (Wildman–Crippen MR) is 96.4 cm³/mol. The summed E-state index contributed by atoms with van der Waals surface area (Å²) < 4.78 is 21.8. The molecule has 1 fully saturated rings. The molecule has 1 saturated heterocycles. The predicted octanol–water partition coefficient (Wildman–Crippen LogP) is 2.57. The number of nitrogens with one attached hydrogen (secondary N) is 1. The SMILES string of the molecule is c1ccc(-c2cc(CC3(NCc4ccc5c(c4)OCO5)COC3)no2)nc1. The minimum Gasteiger partial charge on any atom is -0.454 e. The zero-order valence-electron chi connectivity index (χ0n) is 14.7. The second-order valence-corrected chi connectivity index (χ2v) is 6.89. The van der Waals surface area contributed by atoms with E-state index in [-0.39, 0.29) is 12.3 Å². The fraction of sp³-hybridized carbons (Fsp3) is 0.300. The maximum absolute atomic E-state index is 5.49. The van der Waals surface area contributed by atoms with E-state index in [1.165, 1.54) is 0 Å². The molecular formula is C20H19N3O4. The van der Waals surface area contributed by atoms with Crippen LogP contribution in [0, 0.1) is 0 Å². The van der Waals surface area contributed by atoms with Crippen LogP contribution in [-0.2, 0) is 17.7 Å². The van der Waals surface area contributed by atoms with E-state index >= 15 is 0 Å². The molecule has 138 valence electrons. The fourth-order valence-electron chi connectivity index (χ4n) is 3.33. The molecule has 4 heterocycles. The first-order chi connectivity index (χ1) is 13.3. The number of fused-ring (bicyclic) bond motifs is 1. The molecule has 2 aromatic heterocycles. The van der Waals surface area contributed by atoms with Crippen LogP contribution in [0.3, 0.4) is 0 Å². The van der Waals surface area contributed by atoms with Crippen LogP contribution in [0.15, 0.2) is 53.2 Å². The van der Waals surface area contributed by atoms with Crippen LogP contribution in [0.5, 0.6) is 11.5 Å². The van der Waals surface area contributed by atoms with Crippen molar-refractivity contribution in [2.45, 2.75) is 18.5 Å². The van der Waals surface area contributed by atoms with E-state index in [0.717, 1.165) is 34.9 Å². The molecule has 0 spiro atoms. The van der Waals surface area contributed by atoms with E-state index in [9.17, 15) is 0 Å². The van der Waals surface area contributed by atoms with Gasteiger partial charge in [0, 0.05) is 25.2 Å². The molecule has 5 rings (SSSR count). The van der Waals surface area contributed by atoms with Crippen LogP contribution >= 0.6 is 0 Å². The molecule has 0 bridgehead atoms. The van der Waals surface area contributed by atoms with Gasteiger partial charge in [0.2, 0.25) is 6.79 Å². The van der Waals surface area contributed by atoms with Gasteiger partial charge in [0.1, 0.15) is 5.69 Å². The van der Waals surface area contributed by atoms with Crippen LogP contribution in [0.4, 0.5) is 0 Å². The highest BCUT2D eigenvalue weighted by Crippen LogP contribution is 2.33. The van der Waals surface area contributed by atoms with Gasteiger partial charge in [-0.15, -0.1) is 0 Å². The van der Waals surface area contributed by atoms with E-state index < -0.39 is 0 Å². The summed E-state index contributed by atoms with van der Waals surface area (Å²) in [4.78, 5) is 4.30. The fourth-order valence-corrected chi connectivity index (χ4v) is 3.33. The lowest BCUT2D eigenvalue weighted by molar-refractivity contribution is -0.0755. The average Bonchev–Trinajstić information content (AvgIpc) is 3.33. The Morgan fingerprint density at radius 3 is 2.78 bits per heavy atom. The van der Waals surface area contributed by atoms with Crippen LogP contribution in [0.25, 0.3) is 11.5 Å². The van der Waals surface area contributed by atoms with Crippen molar-refractivity contribution in [1.29, 1.82) is 0 Å². The van der Waals surface area contributed by atoms with Crippen LogP contribution in [0.2, 0.25) is 0 Å². The summed E-state index contributed by atoms with van der Waals surface area (Å²) in [6.45, 7) is 2.28. The maximum atomic E-state index is 5.49. The van der Waals surface area contributed by atoms with E-state index in [0.29, 0.717) is 25.5 Å². The van der Waals surface area contributed by atoms with E-state index in [1.807, 2.05) is 42.5 Å². The highest BCUT2D eigenvalue weighted by Gasteiger charge is 2.39. The van der Waals surface area contributed by atoms with Crippen molar-refractivity contribution in [3.8, 4) is 23.0 Å². The lowest BCUT2D eigenvalue weighted by Gasteiger charge is -2.42. The number of rotatable bonds is 6. The normalized spacial score (nSPS) is 16.9. The summed E-state index contributed by atoms with van der Waals surface area (Å²) in [5, 5.41) is 7.83. The molecule has 0 radical (unpaired) electrons.